The van der Waals surface area contributed by atoms with Crippen LogP contribution in [0.3, 0.4) is 0 Å². The maximum Gasteiger partial charge on any atom is 0.131 e. The van der Waals surface area contributed by atoms with Gasteiger partial charge in [-0.2, -0.15) is 0 Å². The molecule has 2 rings (SSSR count). The molecule has 0 aliphatic heterocycles. The minimum Gasteiger partial charge on any atom is -0.385 e. The van der Waals surface area contributed by atoms with Crippen molar-refractivity contribution in [2.45, 2.75) is 26.8 Å². The molecule has 2 heteroatoms. The van der Waals surface area contributed by atoms with E-state index >= 15 is 0 Å². The van der Waals surface area contributed by atoms with Gasteiger partial charge < -0.3 is 5.32 Å². The Bertz CT molecular complexity index is 599. The quantitative estimate of drug-likeness (QED) is 0.831. The lowest BCUT2D eigenvalue weighted by Gasteiger charge is -2.08. The Kier molecular flexibility index (Phi) is 4.57. The minimum absolute atomic E-state index is 0.155. The van der Waals surface area contributed by atoms with Gasteiger partial charge in [0.1, 0.15) is 5.82 Å². The lowest BCUT2D eigenvalue weighted by Crippen LogP contribution is -2.08. The van der Waals surface area contributed by atoms with Crippen molar-refractivity contribution >= 4 is 0 Å². The summed E-state index contributed by atoms with van der Waals surface area (Å²) in [4.78, 5) is 0. The normalized spacial score (nSPS) is 10.3. The Balaban J connectivity index is 2.19. The maximum atomic E-state index is 14.1. The van der Waals surface area contributed by atoms with E-state index in [9.17, 15) is 4.39 Å². The van der Waals surface area contributed by atoms with Crippen molar-refractivity contribution in [3.05, 3.63) is 71.7 Å². The molecule has 0 aliphatic rings. The van der Waals surface area contributed by atoms with Gasteiger partial charge in [0, 0.05) is 17.8 Å². The van der Waals surface area contributed by atoms with Gasteiger partial charge in [0.2, 0.25) is 0 Å². The molecule has 0 heterocycles. The fourth-order valence-electron chi connectivity index (χ4n) is 2.07. The highest BCUT2D eigenvalue weighted by Gasteiger charge is 2.05. The number of halogens is 1. The van der Waals surface area contributed by atoms with Crippen molar-refractivity contribution in [1.82, 2.24) is 5.32 Å². The van der Waals surface area contributed by atoms with Crippen molar-refractivity contribution < 1.29 is 4.39 Å². The monoisotopic (exact) mass is 269 g/mol. The van der Waals surface area contributed by atoms with Crippen LogP contribution in [0.5, 0.6) is 0 Å². The summed E-state index contributed by atoms with van der Waals surface area (Å²) in [5.74, 6) is -0.155. The highest BCUT2D eigenvalue weighted by Crippen LogP contribution is 2.24. The molecule has 0 atom stereocenters. The molecular weight excluding hydrogens is 249 g/mol. The van der Waals surface area contributed by atoms with Crippen LogP contribution in [0.1, 0.15) is 25.0 Å². The Labute approximate surface area is 120 Å². The molecule has 0 bridgehead atoms. The topological polar surface area (TPSA) is 12.0 Å². The van der Waals surface area contributed by atoms with Crippen LogP contribution < -0.4 is 5.32 Å². The molecule has 1 nitrogen and oxygen atoms in total. The van der Waals surface area contributed by atoms with Crippen LogP contribution in [-0.2, 0) is 13.0 Å². The average molecular weight is 269 g/mol. The van der Waals surface area contributed by atoms with E-state index < -0.39 is 0 Å². The van der Waals surface area contributed by atoms with Crippen molar-refractivity contribution in [3.63, 3.8) is 0 Å². The van der Waals surface area contributed by atoms with Gasteiger partial charge in [0.15, 0.2) is 0 Å². The summed E-state index contributed by atoms with van der Waals surface area (Å²) in [5.41, 5.74) is 4.68. The Morgan fingerprint density at radius 2 is 1.75 bits per heavy atom. The third-order valence-electron chi connectivity index (χ3n) is 3.30. The molecular formula is C18H20FN. The summed E-state index contributed by atoms with van der Waals surface area (Å²) in [5, 5.41) is 3.18. The molecule has 0 aromatic heterocycles. The van der Waals surface area contributed by atoms with Crippen molar-refractivity contribution in [2.75, 3.05) is 0 Å². The second-order valence-electron chi connectivity index (χ2n) is 5.00. The first-order valence-electron chi connectivity index (χ1n) is 6.87. The standard InChI is InChI=1S/C18H20FN/c1-4-14-7-10-17(18(19)11-14)16-8-5-15(6-9-16)12-20-13(2)3/h5-11,20H,2,4,12H2,1,3H3. The molecule has 0 saturated carbocycles. The van der Waals surface area contributed by atoms with E-state index in [2.05, 4.69) is 11.9 Å². The van der Waals surface area contributed by atoms with Crippen LogP contribution in [0.15, 0.2) is 54.7 Å². The number of nitrogens with one attached hydrogen (secondary N) is 1. The number of benzene rings is 2. The first-order valence-corrected chi connectivity index (χ1v) is 6.87. The second-order valence-corrected chi connectivity index (χ2v) is 5.00. The molecule has 0 spiro atoms. The summed E-state index contributed by atoms with van der Waals surface area (Å²) in [6.07, 6.45) is 0.850. The zero-order valence-electron chi connectivity index (χ0n) is 12.0. The van der Waals surface area contributed by atoms with Crippen LogP contribution in [-0.4, -0.2) is 0 Å². The minimum atomic E-state index is -0.155. The highest BCUT2D eigenvalue weighted by atomic mass is 19.1. The van der Waals surface area contributed by atoms with Gasteiger partial charge in [-0.15, -0.1) is 0 Å². The van der Waals surface area contributed by atoms with E-state index in [1.807, 2.05) is 50.2 Å². The first kappa shape index (κ1) is 14.3. The van der Waals surface area contributed by atoms with Gasteiger partial charge in [-0.25, -0.2) is 4.39 Å². The second kappa shape index (κ2) is 6.38. The molecule has 104 valence electrons. The zero-order valence-corrected chi connectivity index (χ0v) is 12.0. The molecule has 0 unspecified atom stereocenters. The predicted octanol–water partition coefficient (Wildman–Crippen LogP) is 4.68. The van der Waals surface area contributed by atoms with Gasteiger partial charge in [0.25, 0.3) is 0 Å². The molecule has 0 radical (unpaired) electrons. The first-order chi connectivity index (χ1) is 9.60. The third-order valence-corrected chi connectivity index (χ3v) is 3.30. The van der Waals surface area contributed by atoms with Crippen molar-refractivity contribution in [3.8, 4) is 11.1 Å². The summed E-state index contributed by atoms with van der Waals surface area (Å²) in [7, 11) is 0. The fourth-order valence-corrected chi connectivity index (χ4v) is 2.07. The SMILES string of the molecule is C=C(C)NCc1ccc(-c2ccc(CC)cc2F)cc1. The number of allylic oxidation sites excluding steroid dienone is 1. The summed E-state index contributed by atoms with van der Waals surface area (Å²) in [6, 6.07) is 13.4. The molecule has 2 aromatic carbocycles. The lowest BCUT2D eigenvalue weighted by atomic mass is 10.0. The number of hydrogen-bond acceptors (Lipinski definition) is 1. The highest BCUT2D eigenvalue weighted by molar-refractivity contribution is 5.64. The molecule has 0 saturated heterocycles. The molecule has 20 heavy (non-hydrogen) atoms. The van der Waals surface area contributed by atoms with Gasteiger partial charge >= 0.3 is 0 Å². The van der Waals surface area contributed by atoms with Gasteiger partial charge in [-0.3, -0.25) is 0 Å². The largest absolute Gasteiger partial charge is 0.385 e. The molecule has 1 N–H and O–H groups in total. The smallest absolute Gasteiger partial charge is 0.131 e. The third kappa shape index (κ3) is 3.47. The Morgan fingerprint density at radius 1 is 1.10 bits per heavy atom. The molecule has 0 fully saturated rings. The maximum absolute atomic E-state index is 14.1. The van der Waals surface area contributed by atoms with Crippen LogP contribution in [0, 0.1) is 5.82 Å². The van der Waals surface area contributed by atoms with Crippen molar-refractivity contribution in [2.24, 2.45) is 0 Å². The van der Waals surface area contributed by atoms with E-state index in [0.29, 0.717) is 5.56 Å². The van der Waals surface area contributed by atoms with Crippen LogP contribution in [0.25, 0.3) is 11.1 Å². The lowest BCUT2D eigenvalue weighted by molar-refractivity contribution is 0.629. The van der Waals surface area contributed by atoms with Gasteiger partial charge in [0.05, 0.1) is 0 Å². The molecule has 0 amide bonds. The average Bonchev–Trinajstić information content (AvgIpc) is 2.45. The van der Waals surface area contributed by atoms with Crippen molar-refractivity contribution in [1.29, 1.82) is 0 Å². The van der Waals surface area contributed by atoms with E-state index in [0.717, 1.165) is 35.4 Å². The van der Waals surface area contributed by atoms with Crippen LogP contribution >= 0.6 is 0 Å². The number of rotatable bonds is 5. The number of hydrogen-bond donors (Lipinski definition) is 1. The Morgan fingerprint density at radius 3 is 2.30 bits per heavy atom. The van der Waals surface area contributed by atoms with E-state index in [4.69, 9.17) is 0 Å². The van der Waals surface area contributed by atoms with Gasteiger partial charge in [-0.1, -0.05) is 49.9 Å². The van der Waals surface area contributed by atoms with Crippen LogP contribution in [0.4, 0.5) is 4.39 Å². The summed E-state index contributed by atoms with van der Waals surface area (Å²) >= 11 is 0. The Hall–Kier alpha value is -2.09. The van der Waals surface area contributed by atoms with Crippen LogP contribution in [0.2, 0.25) is 0 Å². The predicted molar refractivity (Wildman–Crippen MR) is 82.9 cm³/mol. The summed E-state index contributed by atoms with van der Waals surface area (Å²) < 4.78 is 14.1. The van der Waals surface area contributed by atoms with Gasteiger partial charge in [-0.05, 0) is 36.1 Å². The summed E-state index contributed by atoms with van der Waals surface area (Å²) in [6.45, 7) is 8.50. The van der Waals surface area contributed by atoms with E-state index in [-0.39, 0.29) is 5.82 Å². The van der Waals surface area contributed by atoms with E-state index in [1.54, 1.807) is 6.07 Å². The zero-order chi connectivity index (χ0) is 14.5. The van der Waals surface area contributed by atoms with E-state index in [1.165, 1.54) is 0 Å². The number of aryl methyl sites for hydroxylation is 1. The molecule has 2 aromatic rings. The fraction of sp³-hybridized carbons (Fsp3) is 0.222. The molecule has 0 aliphatic carbocycles.